The predicted molar refractivity (Wildman–Crippen MR) is 106 cm³/mol. The number of nitrogens with one attached hydrogen (secondary N) is 2. The minimum atomic E-state index is -0.530. The number of piperidine rings is 1. The molecule has 9 heteroatoms. The summed E-state index contributed by atoms with van der Waals surface area (Å²) in [6.45, 7) is 4.55. The van der Waals surface area contributed by atoms with Gasteiger partial charge in [-0.3, -0.25) is 14.6 Å². The fourth-order valence-electron chi connectivity index (χ4n) is 3.55. The average molecular weight is 386 g/mol. The van der Waals surface area contributed by atoms with E-state index in [4.69, 9.17) is 5.73 Å². The second-order valence-corrected chi connectivity index (χ2v) is 6.64. The molecule has 2 aliphatic rings. The highest BCUT2D eigenvalue weighted by molar-refractivity contribution is 6.14. The number of pyridine rings is 1. The van der Waals surface area contributed by atoms with Gasteiger partial charge >= 0.3 is 0 Å². The fourth-order valence-corrected chi connectivity index (χ4v) is 3.55. The first-order valence-corrected chi connectivity index (χ1v) is 9.03. The number of nitrogens with two attached hydrogens (primary N) is 1. The largest absolute Gasteiger partial charge is 0.404 e. The molecule has 1 unspecified atom stereocenters. The van der Waals surface area contributed by atoms with Crippen molar-refractivity contribution >= 4 is 29.4 Å². The maximum Gasteiger partial charge on any atom is 0.254 e. The fraction of sp³-hybridized carbons (Fsp3) is 0.368. The van der Waals surface area contributed by atoms with Gasteiger partial charge in [0.1, 0.15) is 0 Å². The van der Waals surface area contributed by atoms with Crippen LogP contribution in [0.5, 0.6) is 0 Å². The average Bonchev–Trinajstić information content (AvgIpc) is 3.09. The van der Waals surface area contributed by atoms with Crippen LogP contribution in [0.25, 0.3) is 5.57 Å². The molecule has 148 valence electrons. The molecule has 1 fully saturated rings. The Bertz CT molecular complexity index is 880. The van der Waals surface area contributed by atoms with Crippen molar-refractivity contribution in [3.05, 3.63) is 41.5 Å². The molecule has 8 nitrogen and oxygen atoms in total. The monoisotopic (exact) mass is 386 g/mol. The van der Waals surface area contributed by atoms with Gasteiger partial charge in [-0.05, 0) is 18.9 Å². The van der Waals surface area contributed by atoms with Gasteiger partial charge in [-0.2, -0.15) is 0 Å². The molecular formula is C19H23FN6O2. The van der Waals surface area contributed by atoms with E-state index >= 15 is 4.39 Å². The summed E-state index contributed by atoms with van der Waals surface area (Å²) in [5, 5.41) is 5.49. The normalized spacial score (nSPS) is 19.5. The highest BCUT2D eigenvalue weighted by Gasteiger charge is 2.33. The number of anilines is 1. The van der Waals surface area contributed by atoms with Crippen LogP contribution in [0, 0.1) is 5.82 Å². The van der Waals surface area contributed by atoms with E-state index in [0.29, 0.717) is 24.4 Å². The Kier molecular flexibility index (Phi) is 5.72. The van der Waals surface area contributed by atoms with E-state index in [1.807, 2.05) is 0 Å². The Morgan fingerprint density at radius 2 is 2.32 bits per heavy atom. The maximum atomic E-state index is 15.2. The molecule has 0 aliphatic carbocycles. The van der Waals surface area contributed by atoms with E-state index in [1.165, 1.54) is 18.5 Å². The molecule has 4 N–H and O–H groups in total. The van der Waals surface area contributed by atoms with Gasteiger partial charge in [0.15, 0.2) is 11.6 Å². The van der Waals surface area contributed by atoms with E-state index in [1.54, 1.807) is 11.9 Å². The first kappa shape index (κ1) is 19.5. The lowest BCUT2D eigenvalue weighted by Crippen LogP contribution is -2.48. The summed E-state index contributed by atoms with van der Waals surface area (Å²) >= 11 is 0. The van der Waals surface area contributed by atoms with Gasteiger partial charge in [0.05, 0.1) is 11.3 Å². The Balaban J connectivity index is 2.03. The Morgan fingerprint density at radius 1 is 1.54 bits per heavy atom. The van der Waals surface area contributed by atoms with Crippen LogP contribution in [0.15, 0.2) is 23.8 Å². The highest BCUT2D eigenvalue weighted by atomic mass is 19.1. The van der Waals surface area contributed by atoms with Crippen LogP contribution in [0.1, 0.15) is 34.5 Å². The summed E-state index contributed by atoms with van der Waals surface area (Å²) in [7, 11) is 1.58. The number of fused-ring (bicyclic) bond motifs is 1. The van der Waals surface area contributed by atoms with Gasteiger partial charge < -0.3 is 21.3 Å². The molecule has 0 saturated carbocycles. The Morgan fingerprint density at radius 3 is 3.00 bits per heavy atom. The molecule has 2 amide bonds. The van der Waals surface area contributed by atoms with Crippen LogP contribution < -0.4 is 21.3 Å². The first-order chi connectivity index (χ1) is 13.5. The molecular weight excluding hydrogens is 363 g/mol. The molecule has 0 bridgehead atoms. The Hall–Kier alpha value is -3.23. The third kappa shape index (κ3) is 3.60. The molecule has 2 aliphatic heterocycles. The molecule has 0 radical (unpaired) electrons. The van der Waals surface area contributed by atoms with Crippen molar-refractivity contribution in [2.75, 3.05) is 25.0 Å². The lowest BCUT2D eigenvalue weighted by Gasteiger charge is -2.34. The maximum absolute atomic E-state index is 15.2. The van der Waals surface area contributed by atoms with Crippen LogP contribution >= 0.6 is 0 Å². The lowest BCUT2D eigenvalue weighted by atomic mass is 10.0. The van der Waals surface area contributed by atoms with Crippen molar-refractivity contribution in [1.29, 1.82) is 0 Å². The van der Waals surface area contributed by atoms with E-state index in [0.717, 1.165) is 12.8 Å². The topological polar surface area (TPSA) is 113 Å². The minimum Gasteiger partial charge on any atom is -0.404 e. The number of rotatable bonds is 5. The summed E-state index contributed by atoms with van der Waals surface area (Å²) in [5.41, 5.74) is 6.89. The molecule has 1 aromatic rings. The number of halogens is 1. The molecule has 0 aromatic carbocycles. The number of allylic oxidation sites excluding steroid dienone is 1. The van der Waals surface area contributed by atoms with Gasteiger partial charge in [0, 0.05) is 56.3 Å². The van der Waals surface area contributed by atoms with Crippen molar-refractivity contribution in [3.63, 3.8) is 0 Å². The SMILES string of the molecule is C=CC(=O)NC1CCCN(c2nc(C(C=NC)=CN)c3c(c2F)CNC3=O)C1. The summed E-state index contributed by atoms with van der Waals surface area (Å²) in [6, 6.07) is -0.140. The van der Waals surface area contributed by atoms with E-state index < -0.39 is 5.82 Å². The predicted octanol–water partition coefficient (Wildman–Crippen LogP) is 0.735. The van der Waals surface area contributed by atoms with Gasteiger partial charge in [-0.25, -0.2) is 9.37 Å². The number of carbonyl (C=O) groups excluding carboxylic acids is 2. The molecule has 3 rings (SSSR count). The summed E-state index contributed by atoms with van der Waals surface area (Å²) in [5.74, 6) is -1.04. The van der Waals surface area contributed by atoms with Crippen molar-refractivity contribution in [3.8, 4) is 0 Å². The number of aliphatic imine (C=N–C) groups is 1. The summed E-state index contributed by atoms with van der Waals surface area (Å²) < 4.78 is 15.2. The summed E-state index contributed by atoms with van der Waals surface area (Å²) in [4.78, 5) is 34.1. The number of carbonyl (C=O) groups is 2. The molecule has 1 aromatic heterocycles. The molecule has 0 spiro atoms. The standard InChI is InChI=1S/C19H23FN6O2/c1-3-14(27)24-12-5-4-6-26(10-12)18-16(20)13-9-23-19(28)15(13)17(25-18)11(7-21)8-22-2/h3,7-8,12H,1,4-6,9-10,21H2,2H3,(H,23,28)(H,24,27). The minimum absolute atomic E-state index is 0.0914. The van der Waals surface area contributed by atoms with Crippen LogP contribution in [0.4, 0.5) is 10.2 Å². The van der Waals surface area contributed by atoms with Crippen molar-refractivity contribution < 1.29 is 14.0 Å². The van der Waals surface area contributed by atoms with Crippen LogP contribution in [-0.2, 0) is 11.3 Å². The second kappa shape index (κ2) is 8.20. The third-order valence-electron chi connectivity index (χ3n) is 4.84. The van der Waals surface area contributed by atoms with Gasteiger partial charge in [-0.1, -0.05) is 6.58 Å². The molecule has 1 atom stereocenters. The number of hydrogen-bond donors (Lipinski definition) is 3. The van der Waals surface area contributed by atoms with Gasteiger partial charge in [0.2, 0.25) is 5.91 Å². The highest BCUT2D eigenvalue weighted by Crippen LogP contribution is 2.32. The van der Waals surface area contributed by atoms with Crippen LogP contribution in [0.2, 0.25) is 0 Å². The lowest BCUT2D eigenvalue weighted by molar-refractivity contribution is -0.117. The smallest absolute Gasteiger partial charge is 0.254 e. The molecule has 28 heavy (non-hydrogen) atoms. The number of nitrogens with zero attached hydrogens (tertiary/aromatic N) is 3. The van der Waals surface area contributed by atoms with Crippen LogP contribution in [-0.4, -0.2) is 49.2 Å². The van der Waals surface area contributed by atoms with E-state index in [-0.39, 0.29) is 41.3 Å². The van der Waals surface area contributed by atoms with Crippen molar-refractivity contribution in [1.82, 2.24) is 15.6 Å². The Labute approximate surface area is 162 Å². The number of aromatic nitrogens is 1. The number of hydrogen-bond acceptors (Lipinski definition) is 6. The summed E-state index contributed by atoms with van der Waals surface area (Å²) in [6.07, 6.45) is 5.55. The quantitative estimate of drug-likeness (QED) is 0.510. The molecule has 1 saturated heterocycles. The zero-order valence-corrected chi connectivity index (χ0v) is 15.7. The molecule has 3 heterocycles. The zero-order valence-electron chi connectivity index (χ0n) is 15.7. The van der Waals surface area contributed by atoms with E-state index in [9.17, 15) is 9.59 Å². The van der Waals surface area contributed by atoms with Crippen LogP contribution in [0.3, 0.4) is 0 Å². The first-order valence-electron chi connectivity index (χ1n) is 9.03. The van der Waals surface area contributed by atoms with Gasteiger partial charge in [-0.15, -0.1) is 0 Å². The second-order valence-electron chi connectivity index (χ2n) is 6.64. The van der Waals surface area contributed by atoms with Crippen molar-refractivity contribution in [2.45, 2.75) is 25.4 Å². The zero-order chi connectivity index (χ0) is 20.3. The van der Waals surface area contributed by atoms with E-state index in [2.05, 4.69) is 27.2 Å². The number of amides is 2. The van der Waals surface area contributed by atoms with Crippen molar-refractivity contribution in [2.24, 2.45) is 10.7 Å². The third-order valence-corrected chi connectivity index (χ3v) is 4.84. The van der Waals surface area contributed by atoms with Gasteiger partial charge in [0.25, 0.3) is 5.91 Å².